The lowest BCUT2D eigenvalue weighted by atomic mass is 10.2. The number of hydrogen-bond acceptors (Lipinski definition) is 5. The van der Waals surface area contributed by atoms with Crippen molar-refractivity contribution in [3.8, 4) is 11.8 Å². The summed E-state index contributed by atoms with van der Waals surface area (Å²) >= 11 is 5.93. The van der Waals surface area contributed by atoms with Crippen molar-refractivity contribution < 1.29 is 19.2 Å². The molecule has 0 N–H and O–H groups in total. The van der Waals surface area contributed by atoms with Crippen molar-refractivity contribution in [2.45, 2.75) is 13.5 Å². The topological polar surface area (TPSA) is 60.4 Å². The van der Waals surface area contributed by atoms with Crippen LogP contribution in [-0.4, -0.2) is 26.0 Å². The van der Waals surface area contributed by atoms with Gasteiger partial charge in [0.05, 0.1) is 19.9 Å². The van der Waals surface area contributed by atoms with Gasteiger partial charge in [-0.25, -0.2) is 4.79 Å². The molecule has 0 aliphatic rings. The Kier molecular flexibility index (Phi) is 7.68. The van der Waals surface area contributed by atoms with Crippen LogP contribution in [0.5, 0.6) is 0 Å². The highest BCUT2D eigenvalue weighted by Gasteiger charge is 2.19. The SMILES string of the molecule is COC(=O)N(OC)c1ccccc1CO/N=C(\C)C#Cc1cccc(Cl)c1. The van der Waals surface area contributed by atoms with E-state index in [2.05, 4.69) is 17.0 Å². The molecule has 0 radical (unpaired) electrons. The largest absolute Gasteiger partial charge is 0.451 e. The number of halogens is 1. The summed E-state index contributed by atoms with van der Waals surface area (Å²) in [5, 5.41) is 5.64. The fourth-order valence-electron chi connectivity index (χ4n) is 2.14. The van der Waals surface area contributed by atoms with Crippen LogP contribution in [-0.2, 0) is 21.0 Å². The Balaban J connectivity index is 2.07. The van der Waals surface area contributed by atoms with Crippen LogP contribution in [0.3, 0.4) is 0 Å². The third kappa shape index (κ3) is 6.03. The van der Waals surface area contributed by atoms with Crippen molar-refractivity contribution in [2.24, 2.45) is 5.16 Å². The Morgan fingerprint density at radius 3 is 2.67 bits per heavy atom. The summed E-state index contributed by atoms with van der Waals surface area (Å²) in [5.41, 5.74) is 2.49. The average Bonchev–Trinajstić information content (AvgIpc) is 2.68. The Bertz CT molecular complexity index is 887. The second-order valence-corrected chi connectivity index (χ2v) is 5.72. The van der Waals surface area contributed by atoms with Crippen molar-refractivity contribution >= 4 is 29.1 Å². The van der Waals surface area contributed by atoms with Crippen LogP contribution in [0.4, 0.5) is 10.5 Å². The Hall–Kier alpha value is -3.01. The van der Waals surface area contributed by atoms with E-state index in [1.807, 2.05) is 18.2 Å². The number of amides is 1. The molecule has 2 aromatic rings. The van der Waals surface area contributed by atoms with E-state index >= 15 is 0 Å². The molecule has 0 bridgehead atoms. The van der Waals surface area contributed by atoms with Crippen LogP contribution in [0.25, 0.3) is 0 Å². The molecular formula is C20H19ClN2O4. The van der Waals surface area contributed by atoms with Gasteiger partial charge in [-0.05, 0) is 37.1 Å². The van der Waals surface area contributed by atoms with Crippen molar-refractivity contribution in [2.75, 3.05) is 19.3 Å². The molecule has 1 amide bonds. The summed E-state index contributed by atoms with van der Waals surface area (Å²) < 4.78 is 4.70. The van der Waals surface area contributed by atoms with Gasteiger partial charge in [-0.15, -0.1) is 0 Å². The number of anilines is 1. The van der Waals surface area contributed by atoms with E-state index in [-0.39, 0.29) is 6.61 Å². The molecule has 0 atom stereocenters. The highest BCUT2D eigenvalue weighted by molar-refractivity contribution is 6.30. The monoisotopic (exact) mass is 386 g/mol. The molecule has 27 heavy (non-hydrogen) atoms. The first-order chi connectivity index (χ1) is 13.0. The zero-order chi connectivity index (χ0) is 19.6. The minimum atomic E-state index is -0.642. The molecular weight excluding hydrogens is 368 g/mol. The number of hydroxylamine groups is 1. The molecule has 2 rings (SSSR count). The number of rotatable bonds is 5. The third-order valence-electron chi connectivity index (χ3n) is 3.37. The van der Waals surface area contributed by atoms with E-state index in [4.69, 9.17) is 26.0 Å². The lowest BCUT2D eigenvalue weighted by Crippen LogP contribution is -2.30. The summed E-state index contributed by atoms with van der Waals surface area (Å²) in [6, 6.07) is 14.4. The standard InChI is InChI=1S/C20H19ClN2O4/c1-15(11-12-16-7-6-9-18(21)13-16)22-27-14-17-8-4-5-10-19(17)23(26-3)20(24)25-2/h4-10,13H,14H2,1-3H3/b22-15+. The predicted octanol–water partition coefficient (Wildman–Crippen LogP) is 4.42. The van der Waals surface area contributed by atoms with Crippen LogP contribution < -0.4 is 5.06 Å². The lowest BCUT2D eigenvalue weighted by molar-refractivity contribution is 0.111. The first kappa shape index (κ1) is 20.3. The van der Waals surface area contributed by atoms with Gasteiger partial charge < -0.3 is 9.57 Å². The van der Waals surface area contributed by atoms with Gasteiger partial charge in [-0.3, -0.25) is 4.84 Å². The second kappa shape index (κ2) is 10.2. The van der Waals surface area contributed by atoms with Crippen molar-refractivity contribution in [3.05, 3.63) is 64.7 Å². The van der Waals surface area contributed by atoms with Gasteiger partial charge >= 0.3 is 6.09 Å². The number of carbonyl (C=O) groups is 1. The number of para-hydroxylation sites is 1. The molecule has 140 valence electrons. The number of carbonyl (C=O) groups excluding carboxylic acids is 1. The van der Waals surface area contributed by atoms with E-state index in [0.29, 0.717) is 22.0 Å². The quantitative estimate of drug-likeness (QED) is 0.433. The predicted molar refractivity (Wildman–Crippen MR) is 105 cm³/mol. The van der Waals surface area contributed by atoms with Gasteiger partial charge in [0.15, 0.2) is 0 Å². The van der Waals surface area contributed by atoms with Gasteiger partial charge in [0.2, 0.25) is 0 Å². The Morgan fingerprint density at radius 1 is 1.19 bits per heavy atom. The summed E-state index contributed by atoms with van der Waals surface area (Å²) in [4.78, 5) is 22.3. The highest BCUT2D eigenvalue weighted by Crippen LogP contribution is 2.22. The molecule has 6 nitrogen and oxygen atoms in total. The summed E-state index contributed by atoms with van der Waals surface area (Å²) in [7, 11) is 2.65. The molecule has 0 unspecified atom stereocenters. The minimum Gasteiger partial charge on any atom is -0.451 e. The Morgan fingerprint density at radius 2 is 1.96 bits per heavy atom. The number of methoxy groups -OCH3 is 1. The molecule has 0 saturated heterocycles. The maximum Gasteiger partial charge on any atom is 0.438 e. The number of hydrogen-bond donors (Lipinski definition) is 0. The van der Waals surface area contributed by atoms with E-state index in [0.717, 1.165) is 10.6 Å². The maximum atomic E-state index is 11.8. The number of ether oxygens (including phenoxy) is 1. The fraction of sp³-hybridized carbons (Fsp3) is 0.200. The summed E-state index contributed by atoms with van der Waals surface area (Å²) in [6.45, 7) is 1.86. The third-order valence-corrected chi connectivity index (χ3v) is 3.60. The van der Waals surface area contributed by atoms with Gasteiger partial charge in [0.25, 0.3) is 0 Å². The van der Waals surface area contributed by atoms with Crippen LogP contribution in [0.2, 0.25) is 5.02 Å². The van der Waals surface area contributed by atoms with Gasteiger partial charge in [0, 0.05) is 16.1 Å². The van der Waals surface area contributed by atoms with Gasteiger partial charge in [-0.2, -0.15) is 5.06 Å². The number of oxime groups is 1. The maximum absolute atomic E-state index is 11.8. The average molecular weight is 387 g/mol. The zero-order valence-corrected chi connectivity index (χ0v) is 16.0. The van der Waals surface area contributed by atoms with Gasteiger partial charge in [-0.1, -0.05) is 46.9 Å². The van der Waals surface area contributed by atoms with Crippen molar-refractivity contribution in [3.63, 3.8) is 0 Å². The van der Waals surface area contributed by atoms with Crippen molar-refractivity contribution in [1.29, 1.82) is 0 Å². The van der Waals surface area contributed by atoms with E-state index < -0.39 is 6.09 Å². The lowest BCUT2D eigenvalue weighted by Gasteiger charge is -2.20. The molecule has 0 aromatic heterocycles. The molecule has 2 aromatic carbocycles. The molecule has 7 heteroatoms. The number of benzene rings is 2. The van der Waals surface area contributed by atoms with Crippen LogP contribution in [0, 0.1) is 11.8 Å². The molecule has 0 spiro atoms. The van der Waals surface area contributed by atoms with Crippen LogP contribution >= 0.6 is 11.6 Å². The van der Waals surface area contributed by atoms with E-state index in [1.54, 1.807) is 37.3 Å². The first-order valence-corrected chi connectivity index (χ1v) is 8.37. The summed E-state index contributed by atoms with van der Waals surface area (Å²) in [5.74, 6) is 5.86. The van der Waals surface area contributed by atoms with Gasteiger partial charge in [0.1, 0.15) is 12.3 Å². The van der Waals surface area contributed by atoms with Crippen LogP contribution in [0.15, 0.2) is 53.7 Å². The Labute approximate surface area is 163 Å². The van der Waals surface area contributed by atoms with E-state index in [1.165, 1.54) is 14.2 Å². The zero-order valence-electron chi connectivity index (χ0n) is 15.2. The summed E-state index contributed by atoms with van der Waals surface area (Å²) in [6.07, 6.45) is -0.642. The number of nitrogens with zero attached hydrogens (tertiary/aromatic N) is 2. The molecule has 0 fully saturated rings. The van der Waals surface area contributed by atoms with E-state index in [9.17, 15) is 4.79 Å². The first-order valence-electron chi connectivity index (χ1n) is 7.99. The molecule has 0 aliphatic carbocycles. The van der Waals surface area contributed by atoms with Crippen LogP contribution in [0.1, 0.15) is 18.1 Å². The van der Waals surface area contributed by atoms with Crippen molar-refractivity contribution in [1.82, 2.24) is 0 Å². The molecule has 0 aliphatic heterocycles. The molecule has 0 heterocycles. The molecule has 0 saturated carbocycles. The normalized spacial score (nSPS) is 10.6. The second-order valence-electron chi connectivity index (χ2n) is 5.29. The highest BCUT2D eigenvalue weighted by atomic mass is 35.5. The minimum absolute atomic E-state index is 0.128. The fourth-order valence-corrected chi connectivity index (χ4v) is 2.33. The smallest absolute Gasteiger partial charge is 0.438 e.